The summed E-state index contributed by atoms with van der Waals surface area (Å²) >= 11 is 0. The van der Waals surface area contributed by atoms with Gasteiger partial charge in [-0.25, -0.2) is 9.18 Å². The van der Waals surface area contributed by atoms with Crippen LogP contribution < -0.4 is 9.47 Å². The molecule has 4 nitrogen and oxygen atoms in total. The molecule has 0 bridgehead atoms. The van der Waals surface area contributed by atoms with Gasteiger partial charge in [0.1, 0.15) is 29.5 Å². The van der Waals surface area contributed by atoms with E-state index in [0.29, 0.717) is 17.1 Å². The molecule has 0 aromatic heterocycles. The lowest BCUT2D eigenvalue weighted by atomic mass is 10.2. The van der Waals surface area contributed by atoms with Gasteiger partial charge >= 0.3 is 5.97 Å². The molecule has 0 atom stereocenters. The Morgan fingerprint density at radius 2 is 1.81 bits per heavy atom. The Labute approximate surface area is 122 Å². The molecule has 21 heavy (non-hydrogen) atoms. The Hall–Kier alpha value is -2.56. The largest absolute Gasteiger partial charge is 0.497 e. The van der Waals surface area contributed by atoms with Gasteiger partial charge in [0.2, 0.25) is 0 Å². The minimum Gasteiger partial charge on any atom is -0.497 e. The summed E-state index contributed by atoms with van der Waals surface area (Å²) in [4.78, 5) is 11.7. The smallest absolute Gasteiger partial charge is 0.341 e. The lowest BCUT2D eigenvalue weighted by Gasteiger charge is -2.12. The molecule has 2 rings (SSSR count). The second-order valence-corrected chi connectivity index (χ2v) is 4.27. The summed E-state index contributed by atoms with van der Waals surface area (Å²) < 4.78 is 28.3. The highest BCUT2D eigenvalue weighted by atomic mass is 19.1. The molecule has 0 radical (unpaired) electrons. The van der Waals surface area contributed by atoms with Crippen molar-refractivity contribution in [1.29, 1.82) is 0 Å². The van der Waals surface area contributed by atoms with Gasteiger partial charge in [0.05, 0.1) is 14.2 Å². The van der Waals surface area contributed by atoms with Gasteiger partial charge in [0.15, 0.2) is 0 Å². The van der Waals surface area contributed by atoms with E-state index in [-0.39, 0.29) is 12.4 Å². The van der Waals surface area contributed by atoms with E-state index in [2.05, 4.69) is 0 Å². The molecule has 0 aliphatic rings. The van der Waals surface area contributed by atoms with Crippen LogP contribution in [0.3, 0.4) is 0 Å². The third-order valence-corrected chi connectivity index (χ3v) is 2.90. The zero-order valence-corrected chi connectivity index (χ0v) is 11.8. The Morgan fingerprint density at radius 1 is 1.10 bits per heavy atom. The Morgan fingerprint density at radius 3 is 2.43 bits per heavy atom. The van der Waals surface area contributed by atoms with Crippen molar-refractivity contribution >= 4 is 5.97 Å². The molecule has 0 saturated heterocycles. The monoisotopic (exact) mass is 290 g/mol. The second-order valence-electron chi connectivity index (χ2n) is 4.27. The topological polar surface area (TPSA) is 44.8 Å². The lowest BCUT2D eigenvalue weighted by Crippen LogP contribution is -2.06. The minimum atomic E-state index is -0.494. The molecule has 0 fully saturated rings. The first-order valence-corrected chi connectivity index (χ1v) is 6.27. The number of carbonyl (C=O) groups excluding carboxylic acids is 1. The molecule has 0 N–H and O–H groups in total. The molecule has 0 aliphatic heterocycles. The summed E-state index contributed by atoms with van der Waals surface area (Å²) in [6.45, 7) is 0.206. The van der Waals surface area contributed by atoms with E-state index in [1.165, 1.54) is 26.4 Å². The molecular formula is C16H15FO4. The maximum atomic E-state index is 12.8. The van der Waals surface area contributed by atoms with Gasteiger partial charge in [0, 0.05) is 6.07 Å². The van der Waals surface area contributed by atoms with Crippen LogP contribution in [0.25, 0.3) is 0 Å². The van der Waals surface area contributed by atoms with Gasteiger partial charge in [-0.05, 0) is 29.8 Å². The number of esters is 1. The average molecular weight is 290 g/mol. The SMILES string of the molecule is COC(=O)c1ccc(OC)cc1OCc1ccc(F)cc1. The van der Waals surface area contributed by atoms with Gasteiger partial charge < -0.3 is 14.2 Å². The molecule has 0 amide bonds. The second kappa shape index (κ2) is 6.74. The molecule has 2 aromatic rings. The van der Waals surface area contributed by atoms with Crippen molar-refractivity contribution in [1.82, 2.24) is 0 Å². The quantitative estimate of drug-likeness (QED) is 0.793. The molecule has 2 aromatic carbocycles. The first kappa shape index (κ1) is 14.8. The van der Waals surface area contributed by atoms with E-state index in [1.807, 2.05) is 0 Å². The first-order chi connectivity index (χ1) is 10.1. The number of methoxy groups -OCH3 is 2. The maximum absolute atomic E-state index is 12.8. The standard InChI is InChI=1S/C16H15FO4/c1-19-13-7-8-14(16(18)20-2)15(9-13)21-10-11-3-5-12(17)6-4-11/h3-9H,10H2,1-2H3. The molecule has 0 spiro atoms. The highest BCUT2D eigenvalue weighted by Gasteiger charge is 2.14. The fourth-order valence-electron chi connectivity index (χ4n) is 1.77. The zero-order valence-electron chi connectivity index (χ0n) is 11.8. The predicted molar refractivity (Wildman–Crippen MR) is 75.1 cm³/mol. The van der Waals surface area contributed by atoms with Crippen molar-refractivity contribution in [2.75, 3.05) is 14.2 Å². The number of halogens is 1. The normalized spacial score (nSPS) is 10.0. The summed E-state index contributed by atoms with van der Waals surface area (Å²) in [6.07, 6.45) is 0. The van der Waals surface area contributed by atoms with Crippen LogP contribution >= 0.6 is 0 Å². The predicted octanol–water partition coefficient (Wildman–Crippen LogP) is 3.20. The minimum absolute atomic E-state index is 0.206. The third-order valence-electron chi connectivity index (χ3n) is 2.90. The van der Waals surface area contributed by atoms with Crippen LogP contribution in [0, 0.1) is 5.82 Å². The Balaban J connectivity index is 2.20. The highest BCUT2D eigenvalue weighted by molar-refractivity contribution is 5.92. The van der Waals surface area contributed by atoms with Gasteiger partial charge in [-0.1, -0.05) is 12.1 Å². The summed E-state index contributed by atoms with van der Waals surface area (Å²) in [5.74, 6) is 0.115. The fourth-order valence-corrected chi connectivity index (χ4v) is 1.77. The summed E-state index contributed by atoms with van der Waals surface area (Å²) in [5, 5.41) is 0. The van der Waals surface area contributed by atoms with Gasteiger partial charge in [-0.3, -0.25) is 0 Å². The molecule has 110 valence electrons. The van der Waals surface area contributed by atoms with Crippen molar-refractivity contribution in [3.05, 3.63) is 59.4 Å². The van der Waals surface area contributed by atoms with Crippen molar-refractivity contribution in [3.63, 3.8) is 0 Å². The van der Waals surface area contributed by atoms with Crippen LogP contribution in [0.1, 0.15) is 15.9 Å². The molecule has 0 unspecified atom stereocenters. The van der Waals surface area contributed by atoms with Crippen LogP contribution in [-0.4, -0.2) is 20.2 Å². The van der Waals surface area contributed by atoms with E-state index < -0.39 is 5.97 Å². The van der Waals surface area contributed by atoms with Crippen LogP contribution in [0.4, 0.5) is 4.39 Å². The average Bonchev–Trinajstić information content (AvgIpc) is 2.53. The number of carbonyl (C=O) groups is 1. The molecule has 0 aliphatic carbocycles. The van der Waals surface area contributed by atoms with E-state index in [4.69, 9.17) is 14.2 Å². The Kier molecular flexibility index (Phi) is 4.77. The van der Waals surface area contributed by atoms with Crippen LogP contribution in [0.15, 0.2) is 42.5 Å². The van der Waals surface area contributed by atoms with E-state index in [1.54, 1.807) is 30.3 Å². The van der Waals surface area contributed by atoms with Crippen molar-refractivity contribution in [2.24, 2.45) is 0 Å². The van der Waals surface area contributed by atoms with Crippen molar-refractivity contribution in [2.45, 2.75) is 6.61 Å². The van der Waals surface area contributed by atoms with Crippen LogP contribution in [0.5, 0.6) is 11.5 Å². The molecule has 5 heteroatoms. The third kappa shape index (κ3) is 3.72. The number of ether oxygens (including phenoxy) is 3. The van der Waals surface area contributed by atoms with E-state index in [9.17, 15) is 9.18 Å². The molecule has 0 heterocycles. The van der Waals surface area contributed by atoms with E-state index in [0.717, 1.165) is 5.56 Å². The zero-order chi connectivity index (χ0) is 15.2. The van der Waals surface area contributed by atoms with Gasteiger partial charge in [0.25, 0.3) is 0 Å². The number of benzene rings is 2. The van der Waals surface area contributed by atoms with Crippen LogP contribution in [-0.2, 0) is 11.3 Å². The summed E-state index contributed by atoms with van der Waals surface area (Å²) in [6, 6.07) is 10.8. The van der Waals surface area contributed by atoms with Crippen LogP contribution in [0.2, 0.25) is 0 Å². The highest BCUT2D eigenvalue weighted by Crippen LogP contribution is 2.26. The number of hydrogen-bond donors (Lipinski definition) is 0. The van der Waals surface area contributed by atoms with Gasteiger partial charge in [-0.15, -0.1) is 0 Å². The maximum Gasteiger partial charge on any atom is 0.341 e. The van der Waals surface area contributed by atoms with Gasteiger partial charge in [-0.2, -0.15) is 0 Å². The lowest BCUT2D eigenvalue weighted by molar-refractivity contribution is 0.0595. The molecular weight excluding hydrogens is 275 g/mol. The summed E-state index contributed by atoms with van der Waals surface area (Å²) in [5.41, 5.74) is 1.09. The Bertz CT molecular complexity index is 623. The van der Waals surface area contributed by atoms with Crippen molar-refractivity contribution < 1.29 is 23.4 Å². The fraction of sp³-hybridized carbons (Fsp3) is 0.188. The number of rotatable bonds is 5. The van der Waals surface area contributed by atoms with Crippen molar-refractivity contribution in [3.8, 4) is 11.5 Å². The summed E-state index contributed by atoms with van der Waals surface area (Å²) in [7, 11) is 2.83. The molecule has 0 saturated carbocycles. The first-order valence-electron chi connectivity index (χ1n) is 6.27. The van der Waals surface area contributed by atoms with E-state index >= 15 is 0 Å². The number of hydrogen-bond acceptors (Lipinski definition) is 4.